The molecule has 21 heavy (non-hydrogen) atoms. The minimum atomic E-state index is -3.84. The molecule has 6 nitrogen and oxygen atoms in total. The van der Waals surface area contributed by atoms with Gasteiger partial charge in [-0.1, -0.05) is 20.3 Å². The van der Waals surface area contributed by atoms with Crippen LogP contribution in [0.15, 0.2) is 29.2 Å². The molecule has 1 aromatic rings. The summed E-state index contributed by atoms with van der Waals surface area (Å²) in [7, 11) is -3.84. The topological polar surface area (TPSA) is 92.3 Å². The third kappa shape index (κ3) is 5.18. The molecule has 1 aromatic carbocycles. The Morgan fingerprint density at radius 1 is 1.19 bits per heavy atom. The number of benzene rings is 1. The van der Waals surface area contributed by atoms with Gasteiger partial charge in [0.25, 0.3) is 10.0 Å². The molecule has 0 aliphatic rings. The summed E-state index contributed by atoms with van der Waals surface area (Å²) in [5.74, 6) is -0.854. The number of rotatable bonds is 6. The van der Waals surface area contributed by atoms with E-state index in [1.807, 2.05) is 18.6 Å². The van der Waals surface area contributed by atoms with Crippen LogP contribution in [0.25, 0.3) is 0 Å². The fourth-order valence-corrected chi connectivity index (χ4v) is 2.79. The maximum Gasteiger partial charge on any atom is 0.264 e. The molecule has 1 atom stereocenters. The van der Waals surface area contributed by atoms with Crippen LogP contribution in [0.4, 0.5) is 5.69 Å². The molecule has 116 valence electrons. The van der Waals surface area contributed by atoms with E-state index in [0.717, 1.165) is 19.8 Å². The molecule has 0 radical (unpaired) electrons. The highest BCUT2D eigenvalue weighted by atomic mass is 32.2. The molecule has 7 heteroatoms. The van der Waals surface area contributed by atoms with Gasteiger partial charge in [0.1, 0.15) is 0 Å². The molecule has 0 bridgehead atoms. The van der Waals surface area contributed by atoms with E-state index in [4.69, 9.17) is 0 Å². The van der Waals surface area contributed by atoms with E-state index in [9.17, 15) is 18.0 Å². The molecule has 0 saturated heterocycles. The Kier molecular flexibility index (Phi) is 5.90. The highest BCUT2D eigenvalue weighted by Gasteiger charge is 2.16. The van der Waals surface area contributed by atoms with Crippen molar-refractivity contribution in [1.82, 2.24) is 4.72 Å². The van der Waals surface area contributed by atoms with Crippen molar-refractivity contribution in [2.45, 2.75) is 38.5 Å². The second-order valence-electron chi connectivity index (χ2n) is 4.87. The van der Waals surface area contributed by atoms with Gasteiger partial charge in [-0.15, -0.1) is 0 Å². The molecule has 1 rings (SSSR count). The average molecular weight is 312 g/mol. The Hall–Kier alpha value is -1.89. The summed E-state index contributed by atoms with van der Waals surface area (Å²) in [6, 6.07) is 5.66. The third-order valence-electron chi connectivity index (χ3n) is 2.88. The van der Waals surface area contributed by atoms with Crippen LogP contribution in [-0.2, 0) is 19.6 Å². The molecule has 2 amide bonds. The van der Waals surface area contributed by atoms with Gasteiger partial charge in [-0.25, -0.2) is 13.1 Å². The number of nitrogens with one attached hydrogen (secondary N) is 2. The summed E-state index contributed by atoms with van der Waals surface area (Å²) in [4.78, 5) is 22.6. The molecule has 2 N–H and O–H groups in total. The van der Waals surface area contributed by atoms with Gasteiger partial charge in [-0.3, -0.25) is 9.59 Å². The second kappa shape index (κ2) is 7.21. The minimum Gasteiger partial charge on any atom is -0.326 e. The lowest BCUT2D eigenvalue weighted by Crippen LogP contribution is -2.28. The normalized spacial score (nSPS) is 12.5. The van der Waals surface area contributed by atoms with Gasteiger partial charge < -0.3 is 5.32 Å². The van der Waals surface area contributed by atoms with E-state index >= 15 is 0 Å². The first kappa shape index (κ1) is 17.2. The van der Waals surface area contributed by atoms with Gasteiger partial charge in [-0.05, 0) is 30.7 Å². The predicted molar refractivity (Wildman–Crippen MR) is 80.1 cm³/mol. The van der Waals surface area contributed by atoms with Crippen molar-refractivity contribution in [3.63, 3.8) is 0 Å². The minimum absolute atomic E-state index is 0.0303. The second-order valence-corrected chi connectivity index (χ2v) is 6.55. The first-order valence-corrected chi connectivity index (χ1v) is 8.19. The number of anilines is 1. The van der Waals surface area contributed by atoms with Gasteiger partial charge in [0, 0.05) is 18.5 Å². The number of sulfonamides is 1. The fourth-order valence-electron chi connectivity index (χ4n) is 1.80. The van der Waals surface area contributed by atoms with Crippen molar-refractivity contribution in [3.8, 4) is 0 Å². The number of carbonyl (C=O) groups is 2. The van der Waals surface area contributed by atoms with Crippen LogP contribution >= 0.6 is 0 Å². The molecule has 0 fully saturated rings. The standard InChI is InChI=1S/C14H20N2O4S/c1-4-5-10(2)14(18)15-12-6-8-13(9-7-12)21(19,20)16-11(3)17/h6-10H,4-5H2,1-3H3,(H,15,18)(H,16,17)/t10-/m0/s1. The zero-order valence-electron chi connectivity index (χ0n) is 12.3. The van der Waals surface area contributed by atoms with Crippen molar-refractivity contribution in [1.29, 1.82) is 0 Å². The van der Waals surface area contributed by atoms with Gasteiger partial charge in [0.15, 0.2) is 0 Å². The lowest BCUT2D eigenvalue weighted by atomic mass is 10.1. The molecule has 0 spiro atoms. The maximum absolute atomic E-state index is 11.8. The number of hydrogen-bond donors (Lipinski definition) is 2. The Morgan fingerprint density at radius 3 is 2.24 bits per heavy atom. The van der Waals surface area contributed by atoms with E-state index in [0.29, 0.717) is 5.69 Å². The summed E-state index contributed by atoms with van der Waals surface area (Å²) in [5.41, 5.74) is 0.518. The van der Waals surface area contributed by atoms with Crippen LogP contribution in [0.3, 0.4) is 0 Å². The predicted octanol–water partition coefficient (Wildman–Crippen LogP) is 1.89. The summed E-state index contributed by atoms with van der Waals surface area (Å²) < 4.78 is 25.4. The van der Waals surface area contributed by atoms with E-state index in [2.05, 4.69) is 5.32 Å². The number of hydrogen-bond acceptors (Lipinski definition) is 4. The lowest BCUT2D eigenvalue weighted by Gasteiger charge is -2.11. The molecule has 0 aliphatic carbocycles. The quantitative estimate of drug-likeness (QED) is 0.839. The average Bonchev–Trinajstić information content (AvgIpc) is 2.38. The van der Waals surface area contributed by atoms with Crippen molar-refractivity contribution < 1.29 is 18.0 Å². The molecular weight excluding hydrogens is 292 g/mol. The smallest absolute Gasteiger partial charge is 0.264 e. The van der Waals surface area contributed by atoms with E-state index in [-0.39, 0.29) is 16.7 Å². The first-order valence-electron chi connectivity index (χ1n) is 6.70. The van der Waals surface area contributed by atoms with Crippen LogP contribution in [0, 0.1) is 5.92 Å². The molecule has 0 heterocycles. The maximum atomic E-state index is 11.8. The molecule has 0 aromatic heterocycles. The molecular formula is C14H20N2O4S. The van der Waals surface area contributed by atoms with Crippen molar-refractivity contribution >= 4 is 27.5 Å². The largest absolute Gasteiger partial charge is 0.326 e. The number of amides is 2. The Bertz CT molecular complexity index is 608. The lowest BCUT2D eigenvalue weighted by molar-refractivity contribution is -0.119. The van der Waals surface area contributed by atoms with Gasteiger partial charge in [0.05, 0.1) is 4.90 Å². The van der Waals surface area contributed by atoms with Crippen LogP contribution < -0.4 is 10.0 Å². The highest BCUT2D eigenvalue weighted by molar-refractivity contribution is 7.90. The summed E-state index contributed by atoms with van der Waals surface area (Å²) in [6.07, 6.45) is 1.71. The van der Waals surface area contributed by atoms with Crippen LogP contribution in [0.2, 0.25) is 0 Å². The Morgan fingerprint density at radius 2 is 1.76 bits per heavy atom. The van der Waals surface area contributed by atoms with E-state index < -0.39 is 15.9 Å². The van der Waals surface area contributed by atoms with E-state index in [1.54, 1.807) is 0 Å². The first-order chi connectivity index (χ1) is 9.76. The SMILES string of the molecule is CCC[C@H](C)C(=O)Nc1ccc(S(=O)(=O)NC(C)=O)cc1. The molecule has 0 aliphatic heterocycles. The fraction of sp³-hybridized carbons (Fsp3) is 0.429. The van der Waals surface area contributed by atoms with Gasteiger partial charge in [0.2, 0.25) is 11.8 Å². The van der Waals surface area contributed by atoms with Gasteiger partial charge >= 0.3 is 0 Å². The zero-order valence-corrected chi connectivity index (χ0v) is 13.2. The van der Waals surface area contributed by atoms with Crippen molar-refractivity contribution in [3.05, 3.63) is 24.3 Å². The van der Waals surface area contributed by atoms with Crippen LogP contribution in [-0.4, -0.2) is 20.2 Å². The van der Waals surface area contributed by atoms with Gasteiger partial charge in [-0.2, -0.15) is 0 Å². The summed E-state index contributed by atoms with van der Waals surface area (Å²) in [5, 5.41) is 2.72. The van der Waals surface area contributed by atoms with Crippen molar-refractivity contribution in [2.24, 2.45) is 5.92 Å². The number of carbonyl (C=O) groups excluding carboxylic acids is 2. The zero-order chi connectivity index (χ0) is 16.0. The summed E-state index contributed by atoms with van der Waals surface area (Å²) >= 11 is 0. The molecule has 0 unspecified atom stereocenters. The highest BCUT2D eigenvalue weighted by Crippen LogP contribution is 2.15. The van der Waals surface area contributed by atoms with E-state index in [1.165, 1.54) is 24.3 Å². The summed E-state index contributed by atoms with van der Waals surface area (Å²) in [6.45, 7) is 4.97. The molecule has 0 saturated carbocycles. The third-order valence-corrected chi connectivity index (χ3v) is 4.33. The Balaban J connectivity index is 2.79. The van der Waals surface area contributed by atoms with Crippen LogP contribution in [0.5, 0.6) is 0 Å². The monoisotopic (exact) mass is 312 g/mol. The van der Waals surface area contributed by atoms with Crippen molar-refractivity contribution in [2.75, 3.05) is 5.32 Å². The van der Waals surface area contributed by atoms with Crippen LogP contribution in [0.1, 0.15) is 33.6 Å². The Labute approximate surface area is 125 Å².